The van der Waals surface area contributed by atoms with Crippen molar-refractivity contribution in [3.63, 3.8) is 0 Å². The molecule has 0 radical (unpaired) electrons. The van der Waals surface area contributed by atoms with Gasteiger partial charge in [0.15, 0.2) is 11.5 Å². The van der Waals surface area contributed by atoms with E-state index in [1.54, 1.807) is 0 Å². The fourth-order valence-corrected chi connectivity index (χ4v) is 2.15. The summed E-state index contributed by atoms with van der Waals surface area (Å²) in [6.45, 7) is 3.44. The van der Waals surface area contributed by atoms with Gasteiger partial charge in [-0.15, -0.1) is 0 Å². The molecule has 2 rings (SSSR count). The minimum atomic E-state index is 0.373. The van der Waals surface area contributed by atoms with E-state index >= 15 is 0 Å². The summed E-state index contributed by atoms with van der Waals surface area (Å²) in [5, 5.41) is 3.33. The zero-order valence-corrected chi connectivity index (χ0v) is 9.95. The number of ether oxygens (including phenoxy) is 2. The largest absolute Gasteiger partial charge is 0.490 e. The van der Waals surface area contributed by atoms with Gasteiger partial charge in [-0.2, -0.15) is 0 Å². The average Bonchev–Trinajstić information content (AvgIpc) is 2.52. The van der Waals surface area contributed by atoms with Gasteiger partial charge in [-0.1, -0.05) is 12.1 Å². The molecule has 1 N–H and O–H groups in total. The highest BCUT2D eigenvalue weighted by atomic mass is 16.5. The van der Waals surface area contributed by atoms with Gasteiger partial charge in [0, 0.05) is 11.6 Å². The average molecular weight is 221 g/mol. The molecule has 0 bridgehead atoms. The zero-order valence-electron chi connectivity index (χ0n) is 9.95. The zero-order chi connectivity index (χ0) is 11.4. The van der Waals surface area contributed by atoms with Gasteiger partial charge in [0.25, 0.3) is 0 Å². The lowest BCUT2D eigenvalue weighted by Crippen LogP contribution is -2.15. The van der Waals surface area contributed by atoms with Crippen molar-refractivity contribution in [2.24, 2.45) is 0 Å². The summed E-state index contributed by atoms with van der Waals surface area (Å²) in [5.74, 6) is 1.78. The summed E-state index contributed by atoms with van der Waals surface area (Å²) < 4.78 is 11.4. The summed E-state index contributed by atoms with van der Waals surface area (Å²) >= 11 is 0. The molecule has 16 heavy (non-hydrogen) atoms. The second-order valence-corrected chi connectivity index (χ2v) is 3.94. The Bertz CT molecular complexity index is 352. The van der Waals surface area contributed by atoms with Crippen molar-refractivity contribution in [1.29, 1.82) is 0 Å². The molecule has 0 saturated carbocycles. The lowest BCUT2D eigenvalue weighted by molar-refractivity contribution is 0.277. The maximum atomic E-state index is 5.80. The summed E-state index contributed by atoms with van der Waals surface area (Å²) in [6.07, 6.45) is 2.19. The smallest absolute Gasteiger partial charge is 0.165 e. The van der Waals surface area contributed by atoms with E-state index in [1.165, 1.54) is 5.56 Å². The first-order valence-corrected chi connectivity index (χ1v) is 5.92. The number of rotatable bonds is 3. The third-order valence-corrected chi connectivity index (χ3v) is 2.92. The van der Waals surface area contributed by atoms with E-state index in [2.05, 4.69) is 11.4 Å². The Morgan fingerprint density at radius 3 is 3.12 bits per heavy atom. The standard InChI is InChI=1S/C13H19NO2/c1-3-15-12-8-4-6-10-11(14-2)7-5-9-16-13(10)12/h4,6,8,11,14H,3,5,7,9H2,1-2H3. The molecule has 0 fully saturated rings. The van der Waals surface area contributed by atoms with Gasteiger partial charge in [-0.3, -0.25) is 0 Å². The molecule has 3 nitrogen and oxygen atoms in total. The van der Waals surface area contributed by atoms with E-state index in [9.17, 15) is 0 Å². The first-order chi connectivity index (χ1) is 7.86. The quantitative estimate of drug-likeness (QED) is 0.850. The van der Waals surface area contributed by atoms with Crippen molar-refractivity contribution < 1.29 is 9.47 Å². The lowest BCUT2D eigenvalue weighted by atomic mass is 10.0. The van der Waals surface area contributed by atoms with Crippen molar-refractivity contribution in [3.8, 4) is 11.5 Å². The Morgan fingerprint density at radius 1 is 1.50 bits per heavy atom. The predicted octanol–water partition coefficient (Wildman–Crippen LogP) is 2.52. The third kappa shape index (κ3) is 2.14. The van der Waals surface area contributed by atoms with E-state index in [0.717, 1.165) is 30.9 Å². The molecule has 88 valence electrons. The van der Waals surface area contributed by atoms with Crippen LogP contribution in [0.5, 0.6) is 11.5 Å². The Kier molecular flexibility index (Phi) is 3.67. The van der Waals surface area contributed by atoms with Crippen molar-refractivity contribution in [3.05, 3.63) is 23.8 Å². The number of benzene rings is 1. The van der Waals surface area contributed by atoms with Gasteiger partial charge in [0.1, 0.15) is 0 Å². The number of hydrogen-bond acceptors (Lipinski definition) is 3. The SMILES string of the molecule is CCOc1cccc2c1OCCCC2NC. The third-order valence-electron chi connectivity index (χ3n) is 2.92. The van der Waals surface area contributed by atoms with Crippen LogP contribution in [0.25, 0.3) is 0 Å². The van der Waals surface area contributed by atoms with Gasteiger partial charge in [-0.25, -0.2) is 0 Å². The summed E-state index contributed by atoms with van der Waals surface area (Å²) in [7, 11) is 1.99. The van der Waals surface area contributed by atoms with Crippen LogP contribution in [0, 0.1) is 0 Å². The maximum Gasteiger partial charge on any atom is 0.165 e. The summed E-state index contributed by atoms with van der Waals surface area (Å²) in [5.41, 5.74) is 1.21. The van der Waals surface area contributed by atoms with E-state index < -0.39 is 0 Å². The van der Waals surface area contributed by atoms with Crippen LogP contribution in [0.1, 0.15) is 31.4 Å². The highest BCUT2D eigenvalue weighted by molar-refractivity contribution is 5.48. The minimum absolute atomic E-state index is 0.373. The monoisotopic (exact) mass is 221 g/mol. The number of hydrogen-bond donors (Lipinski definition) is 1. The summed E-state index contributed by atoms with van der Waals surface area (Å²) in [4.78, 5) is 0. The Labute approximate surface area is 96.8 Å². The van der Waals surface area contributed by atoms with Crippen LogP contribution in [0.3, 0.4) is 0 Å². The van der Waals surface area contributed by atoms with Crippen molar-refractivity contribution in [2.75, 3.05) is 20.3 Å². The van der Waals surface area contributed by atoms with E-state index in [-0.39, 0.29) is 0 Å². The van der Waals surface area contributed by atoms with Gasteiger partial charge in [-0.05, 0) is 32.9 Å². The molecule has 0 aromatic heterocycles. The molecule has 1 aliphatic rings. The molecule has 0 spiro atoms. The predicted molar refractivity (Wildman–Crippen MR) is 64.1 cm³/mol. The molecular weight excluding hydrogens is 202 g/mol. The second-order valence-electron chi connectivity index (χ2n) is 3.94. The van der Waals surface area contributed by atoms with Crippen LogP contribution in [0.15, 0.2) is 18.2 Å². The van der Waals surface area contributed by atoms with Crippen LogP contribution in [0.2, 0.25) is 0 Å². The molecule has 3 heteroatoms. The Morgan fingerprint density at radius 2 is 2.38 bits per heavy atom. The van der Waals surface area contributed by atoms with Crippen LogP contribution >= 0.6 is 0 Å². The molecule has 1 heterocycles. The number of para-hydroxylation sites is 1. The first-order valence-electron chi connectivity index (χ1n) is 5.92. The molecule has 0 saturated heterocycles. The molecule has 1 atom stereocenters. The molecule has 1 aromatic carbocycles. The highest BCUT2D eigenvalue weighted by Crippen LogP contribution is 2.38. The van der Waals surface area contributed by atoms with Gasteiger partial charge in [0.2, 0.25) is 0 Å². The maximum absolute atomic E-state index is 5.80. The van der Waals surface area contributed by atoms with Crippen LogP contribution < -0.4 is 14.8 Å². The van der Waals surface area contributed by atoms with Crippen molar-refractivity contribution in [1.82, 2.24) is 5.32 Å². The van der Waals surface area contributed by atoms with Crippen molar-refractivity contribution in [2.45, 2.75) is 25.8 Å². The van der Waals surface area contributed by atoms with Gasteiger partial charge in [0.05, 0.1) is 13.2 Å². The van der Waals surface area contributed by atoms with Crippen LogP contribution in [0.4, 0.5) is 0 Å². The second kappa shape index (κ2) is 5.21. The topological polar surface area (TPSA) is 30.5 Å². The first kappa shape index (κ1) is 11.3. The van der Waals surface area contributed by atoms with Crippen LogP contribution in [-0.4, -0.2) is 20.3 Å². The number of nitrogens with one attached hydrogen (secondary N) is 1. The lowest BCUT2D eigenvalue weighted by Gasteiger charge is -2.17. The van der Waals surface area contributed by atoms with Crippen LogP contribution in [-0.2, 0) is 0 Å². The van der Waals surface area contributed by atoms with Gasteiger partial charge < -0.3 is 14.8 Å². The van der Waals surface area contributed by atoms with E-state index in [1.807, 2.05) is 26.1 Å². The molecule has 0 aliphatic carbocycles. The Balaban J connectivity index is 2.38. The molecule has 0 amide bonds. The van der Waals surface area contributed by atoms with Crippen molar-refractivity contribution >= 4 is 0 Å². The molecular formula is C13H19NO2. The normalized spacial score (nSPS) is 19.5. The molecule has 1 aliphatic heterocycles. The van der Waals surface area contributed by atoms with E-state index in [0.29, 0.717) is 12.6 Å². The fourth-order valence-electron chi connectivity index (χ4n) is 2.15. The fraction of sp³-hybridized carbons (Fsp3) is 0.538. The highest BCUT2D eigenvalue weighted by Gasteiger charge is 2.21. The molecule has 1 aromatic rings. The minimum Gasteiger partial charge on any atom is -0.490 e. The Hall–Kier alpha value is -1.22. The van der Waals surface area contributed by atoms with E-state index in [4.69, 9.17) is 9.47 Å². The summed E-state index contributed by atoms with van der Waals surface area (Å²) in [6, 6.07) is 6.49. The molecule has 1 unspecified atom stereocenters. The van der Waals surface area contributed by atoms with Gasteiger partial charge >= 0.3 is 0 Å². The number of fused-ring (bicyclic) bond motifs is 1.